The van der Waals surface area contributed by atoms with Gasteiger partial charge in [-0.15, -0.1) is 0 Å². The number of nitrogens with one attached hydrogen (secondary N) is 1. The fraction of sp³-hybridized carbons (Fsp3) is 0.348. The number of hydrogen-bond donors (Lipinski definition) is 1. The number of carbonyl (C=O) groups is 1. The van der Waals surface area contributed by atoms with Crippen LogP contribution in [0.2, 0.25) is 5.02 Å². The number of thioether (sulfide) groups is 1. The number of hydrogen-bond acceptors (Lipinski definition) is 6. The number of aryl methyl sites for hydroxylation is 1. The normalized spacial score (nSPS) is 14.5. The summed E-state index contributed by atoms with van der Waals surface area (Å²) in [5.41, 5.74) is 2.92. The standard InChI is InChI=1S/C23H25ClN4O2S/c24-19-9-7-18(8-10-19)23-26-22(30-27-23)6-2-5-21(29)25-20-4-1-3-17(15-20)16-28-11-13-31-14-12-28/h1,3-4,7-10,15H,2,5-6,11-14,16H2,(H,25,29). The van der Waals surface area contributed by atoms with E-state index in [0.717, 1.165) is 30.9 Å². The van der Waals surface area contributed by atoms with Gasteiger partial charge in [-0.25, -0.2) is 0 Å². The fourth-order valence-electron chi connectivity index (χ4n) is 3.46. The predicted molar refractivity (Wildman–Crippen MR) is 125 cm³/mol. The molecule has 1 aliphatic rings. The van der Waals surface area contributed by atoms with Gasteiger partial charge in [0, 0.05) is 60.3 Å². The van der Waals surface area contributed by atoms with Crippen molar-refractivity contribution < 1.29 is 9.32 Å². The van der Waals surface area contributed by atoms with Crippen molar-refractivity contribution in [2.75, 3.05) is 29.9 Å². The third kappa shape index (κ3) is 6.56. The molecular weight excluding hydrogens is 432 g/mol. The first-order valence-electron chi connectivity index (χ1n) is 10.4. The highest BCUT2D eigenvalue weighted by Crippen LogP contribution is 2.20. The summed E-state index contributed by atoms with van der Waals surface area (Å²) < 4.78 is 5.31. The Morgan fingerprint density at radius 1 is 1.16 bits per heavy atom. The van der Waals surface area contributed by atoms with Crippen LogP contribution in [0.5, 0.6) is 0 Å². The molecule has 2 heterocycles. The Bertz CT molecular complexity index is 1000. The molecule has 31 heavy (non-hydrogen) atoms. The molecule has 0 aliphatic carbocycles. The molecular formula is C23H25ClN4O2S. The lowest BCUT2D eigenvalue weighted by Crippen LogP contribution is -2.31. The number of carbonyl (C=O) groups excluding carboxylic acids is 1. The van der Waals surface area contributed by atoms with Crippen molar-refractivity contribution in [1.29, 1.82) is 0 Å². The van der Waals surface area contributed by atoms with E-state index in [9.17, 15) is 4.79 Å². The van der Waals surface area contributed by atoms with Crippen LogP contribution in [0.25, 0.3) is 11.4 Å². The molecule has 1 amide bonds. The lowest BCUT2D eigenvalue weighted by atomic mass is 10.1. The van der Waals surface area contributed by atoms with Crippen molar-refractivity contribution in [3.63, 3.8) is 0 Å². The molecule has 3 aromatic rings. The minimum Gasteiger partial charge on any atom is -0.339 e. The van der Waals surface area contributed by atoms with Crippen molar-refractivity contribution in [2.45, 2.75) is 25.8 Å². The van der Waals surface area contributed by atoms with Gasteiger partial charge in [-0.3, -0.25) is 9.69 Å². The van der Waals surface area contributed by atoms with Crippen molar-refractivity contribution in [1.82, 2.24) is 15.0 Å². The summed E-state index contributed by atoms with van der Waals surface area (Å²) in [6, 6.07) is 15.4. The van der Waals surface area contributed by atoms with Gasteiger partial charge in [0.25, 0.3) is 0 Å². The molecule has 0 saturated carbocycles. The lowest BCUT2D eigenvalue weighted by molar-refractivity contribution is -0.116. The first-order valence-corrected chi connectivity index (χ1v) is 12.0. The largest absolute Gasteiger partial charge is 0.339 e. The molecule has 4 rings (SSSR count). The highest BCUT2D eigenvalue weighted by Gasteiger charge is 2.12. The van der Waals surface area contributed by atoms with Crippen LogP contribution in [0.1, 0.15) is 24.3 Å². The molecule has 0 spiro atoms. The zero-order valence-corrected chi connectivity index (χ0v) is 18.8. The Morgan fingerprint density at radius 2 is 1.97 bits per heavy atom. The van der Waals surface area contributed by atoms with Gasteiger partial charge in [-0.05, 0) is 48.4 Å². The van der Waals surface area contributed by atoms with E-state index in [4.69, 9.17) is 16.1 Å². The summed E-state index contributed by atoms with van der Waals surface area (Å²) >= 11 is 7.92. The number of nitrogens with zero attached hydrogens (tertiary/aromatic N) is 3. The SMILES string of the molecule is O=C(CCCc1nc(-c2ccc(Cl)cc2)no1)Nc1cccc(CN2CCSCC2)c1. The highest BCUT2D eigenvalue weighted by molar-refractivity contribution is 7.99. The van der Waals surface area contributed by atoms with E-state index >= 15 is 0 Å². The van der Waals surface area contributed by atoms with E-state index in [2.05, 4.69) is 32.5 Å². The first kappa shape index (κ1) is 21.9. The van der Waals surface area contributed by atoms with Gasteiger partial charge in [0.2, 0.25) is 17.6 Å². The average molecular weight is 457 g/mol. The molecule has 1 fully saturated rings. The third-order valence-corrected chi connectivity index (χ3v) is 6.28. The summed E-state index contributed by atoms with van der Waals surface area (Å²) in [5, 5.41) is 7.67. The third-order valence-electron chi connectivity index (χ3n) is 5.09. The maximum Gasteiger partial charge on any atom is 0.226 e. The van der Waals surface area contributed by atoms with Crippen molar-refractivity contribution in [2.24, 2.45) is 0 Å². The molecule has 1 aromatic heterocycles. The second-order valence-corrected chi connectivity index (χ2v) is 9.17. The fourth-order valence-corrected chi connectivity index (χ4v) is 4.57. The Labute approximate surface area is 191 Å². The smallest absolute Gasteiger partial charge is 0.226 e. The molecule has 162 valence electrons. The van der Waals surface area contributed by atoms with Crippen LogP contribution in [0.4, 0.5) is 5.69 Å². The Balaban J connectivity index is 1.23. The lowest BCUT2D eigenvalue weighted by Gasteiger charge is -2.26. The molecule has 0 atom stereocenters. The maximum absolute atomic E-state index is 12.4. The number of rotatable bonds is 8. The van der Waals surface area contributed by atoms with Crippen LogP contribution in [0.3, 0.4) is 0 Å². The van der Waals surface area contributed by atoms with Crippen LogP contribution in [-0.4, -0.2) is 45.5 Å². The van der Waals surface area contributed by atoms with E-state index < -0.39 is 0 Å². The number of amides is 1. The number of halogens is 1. The molecule has 1 aliphatic heterocycles. The van der Waals surface area contributed by atoms with Crippen LogP contribution < -0.4 is 5.32 Å². The van der Waals surface area contributed by atoms with Crippen molar-refractivity contribution in [3.05, 3.63) is 65.0 Å². The Morgan fingerprint density at radius 3 is 2.77 bits per heavy atom. The summed E-state index contributed by atoms with van der Waals surface area (Å²) in [5.74, 6) is 3.43. The monoisotopic (exact) mass is 456 g/mol. The molecule has 8 heteroatoms. The molecule has 1 saturated heterocycles. The maximum atomic E-state index is 12.4. The van der Waals surface area contributed by atoms with E-state index in [1.54, 1.807) is 12.1 Å². The number of aromatic nitrogens is 2. The summed E-state index contributed by atoms with van der Waals surface area (Å²) in [6.45, 7) is 3.17. The van der Waals surface area contributed by atoms with Gasteiger partial charge in [-0.2, -0.15) is 16.7 Å². The highest BCUT2D eigenvalue weighted by atomic mass is 35.5. The molecule has 6 nitrogen and oxygen atoms in total. The molecule has 0 bridgehead atoms. The van der Waals surface area contributed by atoms with Gasteiger partial charge in [-0.1, -0.05) is 28.9 Å². The summed E-state index contributed by atoms with van der Waals surface area (Å²) in [4.78, 5) is 19.2. The zero-order chi connectivity index (χ0) is 21.5. The van der Waals surface area contributed by atoms with Gasteiger partial charge in [0.15, 0.2) is 0 Å². The first-order chi connectivity index (χ1) is 15.2. The van der Waals surface area contributed by atoms with Gasteiger partial charge < -0.3 is 9.84 Å². The van der Waals surface area contributed by atoms with E-state index in [0.29, 0.717) is 36.0 Å². The van der Waals surface area contributed by atoms with Gasteiger partial charge in [0.05, 0.1) is 0 Å². The minimum atomic E-state index is -0.0102. The van der Waals surface area contributed by atoms with Crippen LogP contribution >= 0.6 is 23.4 Å². The molecule has 1 N–H and O–H groups in total. The topological polar surface area (TPSA) is 71.3 Å². The second kappa shape index (κ2) is 10.8. The van der Waals surface area contributed by atoms with E-state index in [1.165, 1.54) is 17.1 Å². The summed E-state index contributed by atoms with van der Waals surface area (Å²) in [6.07, 6.45) is 1.59. The zero-order valence-electron chi connectivity index (χ0n) is 17.2. The van der Waals surface area contributed by atoms with Gasteiger partial charge >= 0.3 is 0 Å². The van der Waals surface area contributed by atoms with Crippen molar-refractivity contribution >= 4 is 35.0 Å². The van der Waals surface area contributed by atoms with Crippen LogP contribution in [-0.2, 0) is 17.8 Å². The van der Waals surface area contributed by atoms with Crippen molar-refractivity contribution in [3.8, 4) is 11.4 Å². The Hall–Kier alpha value is -2.35. The minimum absolute atomic E-state index is 0.0102. The molecule has 0 radical (unpaired) electrons. The summed E-state index contributed by atoms with van der Waals surface area (Å²) in [7, 11) is 0. The molecule has 2 aromatic carbocycles. The number of anilines is 1. The number of benzene rings is 2. The molecule has 0 unspecified atom stereocenters. The van der Waals surface area contributed by atoms with Crippen LogP contribution in [0.15, 0.2) is 53.1 Å². The van der Waals surface area contributed by atoms with Gasteiger partial charge in [0.1, 0.15) is 0 Å². The quantitative estimate of drug-likeness (QED) is 0.519. The van der Waals surface area contributed by atoms with Crippen LogP contribution in [0, 0.1) is 0 Å². The predicted octanol–water partition coefficient (Wildman–Crippen LogP) is 4.90. The van der Waals surface area contributed by atoms with E-state index in [-0.39, 0.29) is 5.91 Å². The average Bonchev–Trinajstić information content (AvgIpc) is 3.24. The van der Waals surface area contributed by atoms with E-state index in [1.807, 2.05) is 36.0 Å². The second-order valence-electron chi connectivity index (χ2n) is 7.51. The Kier molecular flexibility index (Phi) is 7.61.